The lowest BCUT2D eigenvalue weighted by Crippen LogP contribution is -2.25. The highest BCUT2D eigenvalue weighted by molar-refractivity contribution is 5.72. The van der Waals surface area contributed by atoms with Gasteiger partial charge in [-0.3, -0.25) is 9.59 Å². The van der Waals surface area contributed by atoms with Crippen molar-refractivity contribution in [2.24, 2.45) is 11.8 Å². The van der Waals surface area contributed by atoms with E-state index in [0.29, 0.717) is 18.3 Å². The van der Waals surface area contributed by atoms with Crippen LogP contribution in [-0.4, -0.2) is 25.2 Å². The number of hydrogen-bond acceptors (Lipinski definition) is 4. The summed E-state index contributed by atoms with van der Waals surface area (Å²) in [4.78, 5) is 22.5. The summed E-state index contributed by atoms with van der Waals surface area (Å²) in [6.07, 6.45) is 1.87. The van der Waals surface area contributed by atoms with Crippen LogP contribution < -0.4 is 0 Å². The largest absolute Gasteiger partial charge is 0.469 e. The normalized spacial score (nSPS) is 12.6. The van der Waals surface area contributed by atoms with E-state index in [0.717, 1.165) is 6.42 Å². The summed E-state index contributed by atoms with van der Waals surface area (Å²) in [5, 5.41) is 0. The van der Waals surface area contributed by atoms with E-state index < -0.39 is 0 Å². The van der Waals surface area contributed by atoms with Gasteiger partial charge in [0.1, 0.15) is 6.10 Å². The van der Waals surface area contributed by atoms with Crippen molar-refractivity contribution < 1.29 is 19.1 Å². The first-order valence-electron chi connectivity index (χ1n) is 6.63. The fraction of sp³-hybridized carbons (Fsp3) is 0.857. The van der Waals surface area contributed by atoms with E-state index >= 15 is 0 Å². The predicted molar refractivity (Wildman–Crippen MR) is 70.0 cm³/mol. The SMILES string of the molecule is COC(=O)CCCC(=O)OC(CC(C)C)C(C)C. The average Bonchev–Trinajstić information content (AvgIpc) is 2.27. The Morgan fingerprint density at radius 1 is 1.00 bits per heavy atom. The van der Waals surface area contributed by atoms with Crippen molar-refractivity contribution in [1.29, 1.82) is 0 Å². The van der Waals surface area contributed by atoms with Crippen LogP contribution in [0.1, 0.15) is 53.4 Å². The third-order valence-electron chi connectivity index (χ3n) is 2.72. The number of esters is 2. The molecule has 0 amide bonds. The minimum absolute atomic E-state index is 0.0318. The van der Waals surface area contributed by atoms with Gasteiger partial charge in [0, 0.05) is 12.8 Å². The second kappa shape index (κ2) is 8.95. The molecule has 0 aliphatic rings. The van der Waals surface area contributed by atoms with E-state index in [2.05, 4.69) is 32.4 Å². The van der Waals surface area contributed by atoms with Crippen LogP contribution in [0.3, 0.4) is 0 Å². The maximum Gasteiger partial charge on any atom is 0.306 e. The Morgan fingerprint density at radius 3 is 2.00 bits per heavy atom. The molecule has 0 bridgehead atoms. The number of methoxy groups -OCH3 is 1. The van der Waals surface area contributed by atoms with Gasteiger partial charge in [-0.05, 0) is 24.7 Å². The van der Waals surface area contributed by atoms with Crippen LogP contribution in [0, 0.1) is 11.8 Å². The minimum Gasteiger partial charge on any atom is -0.469 e. The van der Waals surface area contributed by atoms with Crippen molar-refractivity contribution in [3.63, 3.8) is 0 Å². The van der Waals surface area contributed by atoms with Crippen LogP contribution in [0.25, 0.3) is 0 Å². The number of rotatable bonds is 8. The first kappa shape index (κ1) is 16.9. The molecule has 0 aromatic rings. The van der Waals surface area contributed by atoms with Gasteiger partial charge in [0.2, 0.25) is 0 Å². The fourth-order valence-corrected chi connectivity index (χ4v) is 1.63. The Labute approximate surface area is 110 Å². The van der Waals surface area contributed by atoms with Crippen molar-refractivity contribution in [3.05, 3.63) is 0 Å². The van der Waals surface area contributed by atoms with Crippen molar-refractivity contribution in [3.8, 4) is 0 Å². The highest BCUT2D eigenvalue weighted by Gasteiger charge is 2.19. The Morgan fingerprint density at radius 2 is 1.56 bits per heavy atom. The lowest BCUT2D eigenvalue weighted by molar-refractivity contribution is -0.152. The van der Waals surface area contributed by atoms with E-state index in [1.54, 1.807) is 0 Å². The summed E-state index contributed by atoms with van der Waals surface area (Å²) in [6.45, 7) is 8.32. The molecule has 0 saturated heterocycles. The lowest BCUT2D eigenvalue weighted by atomic mass is 9.97. The molecule has 0 fully saturated rings. The summed E-state index contributed by atoms with van der Waals surface area (Å²) in [7, 11) is 1.35. The van der Waals surface area contributed by atoms with Gasteiger partial charge >= 0.3 is 11.9 Å². The van der Waals surface area contributed by atoms with Crippen molar-refractivity contribution in [1.82, 2.24) is 0 Å². The number of hydrogen-bond donors (Lipinski definition) is 0. The minimum atomic E-state index is -0.287. The lowest BCUT2D eigenvalue weighted by Gasteiger charge is -2.23. The number of carbonyl (C=O) groups is 2. The molecule has 106 valence electrons. The van der Waals surface area contributed by atoms with Crippen LogP contribution in [0.2, 0.25) is 0 Å². The van der Waals surface area contributed by atoms with Crippen LogP contribution >= 0.6 is 0 Å². The molecular weight excluding hydrogens is 232 g/mol. The van der Waals surface area contributed by atoms with Gasteiger partial charge < -0.3 is 9.47 Å². The van der Waals surface area contributed by atoms with Gasteiger partial charge in [0.15, 0.2) is 0 Å². The highest BCUT2D eigenvalue weighted by Crippen LogP contribution is 2.17. The van der Waals surface area contributed by atoms with Crippen molar-refractivity contribution in [2.45, 2.75) is 59.5 Å². The molecule has 0 aliphatic carbocycles. The smallest absolute Gasteiger partial charge is 0.306 e. The van der Waals surface area contributed by atoms with Crippen LogP contribution in [0.5, 0.6) is 0 Å². The second-order valence-electron chi connectivity index (χ2n) is 5.33. The maximum absolute atomic E-state index is 11.6. The van der Waals surface area contributed by atoms with Gasteiger partial charge in [-0.2, -0.15) is 0 Å². The van der Waals surface area contributed by atoms with E-state index in [1.807, 2.05) is 0 Å². The molecule has 0 saturated carbocycles. The zero-order chi connectivity index (χ0) is 14.1. The first-order valence-corrected chi connectivity index (χ1v) is 6.63. The van der Waals surface area contributed by atoms with Crippen molar-refractivity contribution in [2.75, 3.05) is 7.11 Å². The quantitative estimate of drug-likeness (QED) is 0.628. The Bertz CT molecular complexity index is 259. The first-order chi connectivity index (χ1) is 8.36. The Balaban J connectivity index is 3.99. The summed E-state index contributed by atoms with van der Waals surface area (Å²) in [5.41, 5.74) is 0. The molecule has 0 aromatic carbocycles. The Kier molecular flexibility index (Phi) is 8.42. The average molecular weight is 258 g/mol. The van der Waals surface area contributed by atoms with Gasteiger partial charge in [-0.15, -0.1) is 0 Å². The van der Waals surface area contributed by atoms with Gasteiger partial charge in [0.05, 0.1) is 7.11 Å². The predicted octanol–water partition coefficient (Wildman–Crippen LogP) is 2.94. The molecule has 4 nitrogen and oxygen atoms in total. The molecule has 4 heteroatoms. The summed E-state index contributed by atoms with van der Waals surface area (Å²) in [6, 6.07) is 0. The fourth-order valence-electron chi connectivity index (χ4n) is 1.63. The second-order valence-corrected chi connectivity index (χ2v) is 5.33. The van der Waals surface area contributed by atoms with Gasteiger partial charge in [-0.1, -0.05) is 27.7 Å². The molecule has 0 radical (unpaired) electrons. The number of ether oxygens (including phenoxy) is 2. The van der Waals surface area contributed by atoms with Gasteiger partial charge in [0.25, 0.3) is 0 Å². The third-order valence-corrected chi connectivity index (χ3v) is 2.72. The van der Waals surface area contributed by atoms with Gasteiger partial charge in [-0.25, -0.2) is 0 Å². The third kappa shape index (κ3) is 8.09. The summed E-state index contributed by atoms with van der Waals surface area (Å²) >= 11 is 0. The zero-order valence-corrected chi connectivity index (χ0v) is 12.2. The molecule has 0 aliphatic heterocycles. The van der Waals surface area contributed by atoms with E-state index in [4.69, 9.17) is 4.74 Å². The van der Waals surface area contributed by atoms with E-state index in [9.17, 15) is 9.59 Å². The Hall–Kier alpha value is -1.06. The number of carbonyl (C=O) groups excluding carboxylic acids is 2. The standard InChI is InChI=1S/C14H26O4/c1-10(2)9-12(11(3)4)18-14(16)8-6-7-13(15)17-5/h10-12H,6-9H2,1-5H3. The topological polar surface area (TPSA) is 52.6 Å². The molecule has 0 heterocycles. The highest BCUT2D eigenvalue weighted by atomic mass is 16.5. The molecule has 0 N–H and O–H groups in total. The molecule has 0 aromatic heterocycles. The molecule has 0 spiro atoms. The summed E-state index contributed by atoms with van der Waals surface area (Å²) in [5.74, 6) is 0.306. The van der Waals surface area contributed by atoms with Crippen molar-refractivity contribution >= 4 is 11.9 Å². The van der Waals surface area contributed by atoms with Crippen LogP contribution in [0.4, 0.5) is 0 Å². The molecule has 0 rings (SSSR count). The molecule has 1 unspecified atom stereocenters. The van der Waals surface area contributed by atoms with E-state index in [1.165, 1.54) is 7.11 Å². The van der Waals surface area contributed by atoms with E-state index in [-0.39, 0.29) is 30.9 Å². The monoisotopic (exact) mass is 258 g/mol. The van der Waals surface area contributed by atoms with Crippen LogP contribution in [-0.2, 0) is 19.1 Å². The zero-order valence-electron chi connectivity index (χ0n) is 12.2. The maximum atomic E-state index is 11.6. The molecule has 18 heavy (non-hydrogen) atoms. The summed E-state index contributed by atoms with van der Waals surface area (Å²) < 4.78 is 9.96. The molecule has 1 atom stereocenters. The molecular formula is C14H26O4. The van der Waals surface area contributed by atoms with Crippen LogP contribution in [0.15, 0.2) is 0 Å².